The summed E-state index contributed by atoms with van der Waals surface area (Å²) in [6, 6.07) is 12.1. The maximum Gasteiger partial charge on any atom is 0.280 e. The highest BCUT2D eigenvalue weighted by atomic mass is 19.1. The summed E-state index contributed by atoms with van der Waals surface area (Å²) >= 11 is 0. The lowest BCUT2D eigenvalue weighted by molar-refractivity contribution is -0.112. The maximum atomic E-state index is 13.3. The molecule has 3 aromatic rings. The Kier molecular flexibility index (Phi) is 6.72. The van der Waals surface area contributed by atoms with Crippen molar-refractivity contribution < 1.29 is 14.0 Å². The molecule has 1 aliphatic carbocycles. The Hall–Kier alpha value is -3.06. The number of hydrogen-bond donors (Lipinski definition) is 1. The second kappa shape index (κ2) is 10.1. The molecule has 34 heavy (non-hydrogen) atoms. The number of nitrogens with one attached hydrogen (secondary N) is 1. The number of aromatic nitrogens is 2. The Morgan fingerprint density at radius 2 is 1.76 bits per heavy atom. The third-order valence-electron chi connectivity index (χ3n) is 7.25. The third kappa shape index (κ3) is 4.89. The molecular weight excluding hydrogens is 431 g/mol. The van der Waals surface area contributed by atoms with Gasteiger partial charge in [0, 0.05) is 24.1 Å². The van der Waals surface area contributed by atoms with Gasteiger partial charge in [0.1, 0.15) is 12.1 Å². The summed E-state index contributed by atoms with van der Waals surface area (Å²) in [4.78, 5) is 34.4. The van der Waals surface area contributed by atoms with Gasteiger partial charge in [-0.2, -0.15) is 4.99 Å². The summed E-state index contributed by atoms with van der Waals surface area (Å²) in [5.41, 5.74) is 4.08. The number of rotatable bonds is 5. The van der Waals surface area contributed by atoms with E-state index in [-0.39, 0.29) is 17.8 Å². The molecule has 2 aromatic carbocycles. The first-order valence-electron chi connectivity index (χ1n) is 12.4. The summed E-state index contributed by atoms with van der Waals surface area (Å²) in [6.45, 7) is 3.18. The van der Waals surface area contributed by atoms with Gasteiger partial charge < -0.3 is 14.3 Å². The Morgan fingerprint density at radius 1 is 1.03 bits per heavy atom. The van der Waals surface area contributed by atoms with Crippen molar-refractivity contribution >= 4 is 23.2 Å². The quantitative estimate of drug-likeness (QED) is 0.556. The fraction of sp³-hybridized carbons (Fsp3) is 0.444. The summed E-state index contributed by atoms with van der Waals surface area (Å²) in [5.74, 6) is -0.682. The molecule has 0 radical (unpaired) electrons. The molecule has 1 amide bonds. The van der Waals surface area contributed by atoms with Crippen LogP contribution in [-0.2, 0) is 11.3 Å². The number of aldehydes is 1. The van der Waals surface area contributed by atoms with Gasteiger partial charge in [-0.25, -0.2) is 4.39 Å². The number of hydrogen-bond acceptors (Lipinski definition) is 3. The number of aromatic amines is 1. The van der Waals surface area contributed by atoms with Gasteiger partial charge in [-0.3, -0.25) is 9.69 Å². The van der Waals surface area contributed by atoms with Crippen LogP contribution >= 0.6 is 0 Å². The minimum absolute atomic E-state index is 0.109. The van der Waals surface area contributed by atoms with E-state index in [9.17, 15) is 14.0 Å². The number of nitrogens with zero attached hydrogens (tertiary/aromatic N) is 3. The van der Waals surface area contributed by atoms with Gasteiger partial charge in [0.25, 0.3) is 5.91 Å². The topological polar surface area (TPSA) is 70.5 Å². The lowest BCUT2D eigenvalue weighted by Crippen LogP contribution is -2.29. The predicted octanol–water partition coefficient (Wildman–Crippen LogP) is 4.77. The minimum atomic E-state index is -0.407. The minimum Gasteiger partial charge on any atom is -0.324 e. The van der Waals surface area contributed by atoms with Crippen molar-refractivity contribution in [1.29, 1.82) is 0 Å². The van der Waals surface area contributed by atoms with Crippen molar-refractivity contribution in [1.82, 2.24) is 14.5 Å². The molecule has 0 spiro atoms. The van der Waals surface area contributed by atoms with Crippen LogP contribution in [0.1, 0.15) is 66.9 Å². The molecule has 0 unspecified atom stereocenters. The highest BCUT2D eigenvalue weighted by molar-refractivity contribution is 5.94. The second-order valence-corrected chi connectivity index (χ2v) is 9.64. The number of H-pyrrole nitrogens is 1. The normalized spacial score (nSPS) is 22.2. The van der Waals surface area contributed by atoms with Gasteiger partial charge in [0.2, 0.25) is 5.62 Å². The lowest BCUT2D eigenvalue weighted by Gasteiger charge is -2.28. The van der Waals surface area contributed by atoms with Gasteiger partial charge >= 0.3 is 0 Å². The van der Waals surface area contributed by atoms with Crippen LogP contribution < -0.4 is 5.62 Å². The molecule has 5 rings (SSSR count). The lowest BCUT2D eigenvalue weighted by atomic mass is 9.87. The van der Waals surface area contributed by atoms with Crippen molar-refractivity contribution in [3.8, 4) is 0 Å². The zero-order valence-corrected chi connectivity index (χ0v) is 19.4. The largest absolute Gasteiger partial charge is 0.324 e. The van der Waals surface area contributed by atoms with E-state index in [0.29, 0.717) is 11.2 Å². The van der Waals surface area contributed by atoms with Gasteiger partial charge in [-0.1, -0.05) is 12.5 Å². The van der Waals surface area contributed by atoms with Crippen LogP contribution in [0.4, 0.5) is 4.39 Å². The van der Waals surface area contributed by atoms with Crippen LogP contribution in [0.3, 0.4) is 0 Å². The number of benzene rings is 2. The van der Waals surface area contributed by atoms with Crippen LogP contribution in [0, 0.1) is 11.7 Å². The van der Waals surface area contributed by atoms with E-state index < -0.39 is 5.91 Å². The molecular formula is C27H31FN4O2. The number of piperidine rings is 1. The van der Waals surface area contributed by atoms with Gasteiger partial charge in [0.15, 0.2) is 0 Å². The Balaban J connectivity index is 1.54. The average Bonchev–Trinajstić information content (AvgIpc) is 3.22. The fourth-order valence-electron chi connectivity index (χ4n) is 5.35. The molecule has 1 aliphatic heterocycles. The van der Waals surface area contributed by atoms with Crippen molar-refractivity contribution in [2.75, 3.05) is 13.1 Å². The number of amides is 1. The van der Waals surface area contributed by atoms with Crippen LogP contribution in [0.5, 0.6) is 0 Å². The van der Waals surface area contributed by atoms with Crippen molar-refractivity contribution in [3.63, 3.8) is 0 Å². The van der Waals surface area contributed by atoms with Crippen molar-refractivity contribution in [3.05, 3.63) is 65.0 Å². The van der Waals surface area contributed by atoms with Crippen LogP contribution in [0.25, 0.3) is 11.0 Å². The van der Waals surface area contributed by atoms with Gasteiger partial charge in [0.05, 0.1) is 11.0 Å². The molecule has 2 aliphatic rings. The molecule has 6 nitrogen and oxygen atoms in total. The van der Waals surface area contributed by atoms with E-state index >= 15 is 0 Å². The van der Waals surface area contributed by atoms with E-state index in [2.05, 4.69) is 37.6 Å². The smallest absolute Gasteiger partial charge is 0.280 e. The summed E-state index contributed by atoms with van der Waals surface area (Å²) in [6.07, 6.45) is 8.29. The maximum absolute atomic E-state index is 13.3. The van der Waals surface area contributed by atoms with E-state index in [0.717, 1.165) is 62.6 Å². The number of carbonyl (C=O) groups excluding carboxylic acids is 2. The fourth-order valence-corrected chi connectivity index (χ4v) is 5.35. The first-order valence-corrected chi connectivity index (χ1v) is 12.4. The van der Waals surface area contributed by atoms with Crippen molar-refractivity contribution in [2.24, 2.45) is 10.9 Å². The number of imidazole rings is 1. The van der Waals surface area contributed by atoms with E-state index in [1.807, 2.05) is 0 Å². The Labute approximate surface area is 198 Å². The molecule has 1 N–H and O–H groups in total. The third-order valence-corrected chi connectivity index (χ3v) is 7.25. The van der Waals surface area contributed by atoms with Gasteiger partial charge in [-0.05, 0) is 93.6 Å². The SMILES string of the molecule is O=CC1CCC(n2/c(=N\C(=O)c3ccc(F)cc3)[nH]c3ccc(CN4CCCCC4)cc32)CC1. The molecule has 0 bridgehead atoms. The second-order valence-electron chi connectivity index (χ2n) is 9.64. The standard InChI is InChI=1S/C27H31FN4O2/c28-22-9-7-21(8-10-22)26(34)30-27-29-24-13-6-20(17-31-14-2-1-3-15-31)16-25(24)32(27)23-11-4-19(18-33)5-12-23/h6-10,13,16,18-19,23H,1-5,11-12,14-15,17H2,(H,29,30,34). The molecule has 0 atom stereocenters. The first kappa shape index (κ1) is 22.7. The van der Waals surface area contributed by atoms with E-state index in [4.69, 9.17) is 0 Å². The molecule has 7 heteroatoms. The van der Waals surface area contributed by atoms with E-state index in [1.165, 1.54) is 49.1 Å². The molecule has 1 saturated heterocycles. The molecule has 1 aromatic heterocycles. The first-order chi connectivity index (χ1) is 16.6. The number of halogens is 1. The number of likely N-dealkylation sites (tertiary alicyclic amines) is 1. The summed E-state index contributed by atoms with van der Waals surface area (Å²) in [7, 11) is 0. The van der Waals surface area contributed by atoms with Crippen LogP contribution in [0.15, 0.2) is 47.5 Å². The molecule has 1 saturated carbocycles. The predicted molar refractivity (Wildman–Crippen MR) is 129 cm³/mol. The zero-order valence-electron chi connectivity index (χ0n) is 19.4. The Bertz CT molecular complexity index is 1230. The monoisotopic (exact) mass is 462 g/mol. The zero-order chi connectivity index (χ0) is 23.5. The number of fused-ring (bicyclic) bond motifs is 1. The summed E-state index contributed by atoms with van der Waals surface area (Å²) < 4.78 is 15.5. The highest BCUT2D eigenvalue weighted by Gasteiger charge is 2.25. The number of carbonyl (C=O) groups is 2. The highest BCUT2D eigenvalue weighted by Crippen LogP contribution is 2.32. The molecule has 2 fully saturated rings. The Morgan fingerprint density at radius 3 is 2.47 bits per heavy atom. The van der Waals surface area contributed by atoms with Gasteiger partial charge in [-0.15, -0.1) is 0 Å². The molecule has 2 heterocycles. The average molecular weight is 463 g/mol. The van der Waals surface area contributed by atoms with Crippen LogP contribution in [0.2, 0.25) is 0 Å². The summed E-state index contributed by atoms with van der Waals surface area (Å²) in [5, 5.41) is 0. The van der Waals surface area contributed by atoms with Crippen LogP contribution in [-0.4, -0.2) is 39.7 Å². The molecule has 178 valence electrons. The van der Waals surface area contributed by atoms with E-state index in [1.54, 1.807) is 0 Å². The van der Waals surface area contributed by atoms with Crippen molar-refractivity contribution in [2.45, 2.75) is 57.5 Å².